The number of nitrogens with zero attached hydrogens (tertiary/aromatic N) is 4. The number of nitrogens with two attached hydrogens (primary N) is 1. The van der Waals surface area contributed by atoms with Gasteiger partial charge in [-0.25, -0.2) is 18.6 Å². The van der Waals surface area contributed by atoms with Gasteiger partial charge < -0.3 is 10.3 Å². The molecule has 198 valence electrons. The second-order valence-corrected chi connectivity index (χ2v) is 11.7. The molecule has 4 aromatic rings. The van der Waals surface area contributed by atoms with E-state index >= 15 is 0 Å². The molecular formula is C26H28N6O5S. The van der Waals surface area contributed by atoms with E-state index in [0.29, 0.717) is 23.5 Å². The lowest BCUT2D eigenvalue weighted by molar-refractivity contribution is -0.131. The molecule has 0 bridgehead atoms. The Morgan fingerprint density at radius 1 is 1.05 bits per heavy atom. The molecule has 2 aromatic carbocycles. The van der Waals surface area contributed by atoms with Crippen LogP contribution in [0.2, 0.25) is 0 Å². The maximum Gasteiger partial charge on any atom is 0.264 e. The molecule has 1 unspecified atom stereocenters. The highest BCUT2D eigenvalue weighted by molar-refractivity contribution is 7.92. The summed E-state index contributed by atoms with van der Waals surface area (Å²) in [5, 5.41) is 17.4. The van der Waals surface area contributed by atoms with E-state index < -0.39 is 20.5 Å². The van der Waals surface area contributed by atoms with Crippen molar-refractivity contribution < 1.29 is 18.4 Å². The molecule has 0 spiro atoms. The minimum atomic E-state index is -3.86. The average Bonchev–Trinajstić information content (AvgIpc) is 3.36. The highest BCUT2D eigenvalue weighted by Gasteiger charge is 2.43. The predicted molar refractivity (Wildman–Crippen MR) is 143 cm³/mol. The summed E-state index contributed by atoms with van der Waals surface area (Å²) >= 11 is 0. The lowest BCUT2D eigenvalue weighted by Crippen LogP contribution is -2.49. The van der Waals surface area contributed by atoms with Crippen molar-refractivity contribution in [3.05, 3.63) is 89.0 Å². The number of aromatic nitrogens is 4. The highest BCUT2D eigenvalue weighted by atomic mass is 32.2. The number of anilines is 1. The first-order valence-corrected chi connectivity index (χ1v) is 13.6. The van der Waals surface area contributed by atoms with Gasteiger partial charge in [0.1, 0.15) is 5.69 Å². The van der Waals surface area contributed by atoms with Crippen molar-refractivity contribution in [2.24, 2.45) is 0 Å². The Hall–Kier alpha value is -4.29. The quantitative estimate of drug-likeness (QED) is 0.166. The third-order valence-electron chi connectivity index (χ3n) is 6.60. The molecule has 0 saturated heterocycles. The number of amides is 1. The maximum absolute atomic E-state index is 12.7. The van der Waals surface area contributed by atoms with Gasteiger partial charge in [-0.05, 0) is 48.2 Å². The van der Waals surface area contributed by atoms with Crippen LogP contribution >= 0.6 is 0 Å². The first kappa shape index (κ1) is 26.8. The number of sulfone groups is 1. The van der Waals surface area contributed by atoms with Crippen molar-refractivity contribution in [3.63, 3.8) is 0 Å². The fourth-order valence-corrected chi connectivity index (χ4v) is 4.79. The molecule has 1 amide bonds. The van der Waals surface area contributed by atoms with Crippen molar-refractivity contribution in [3.8, 4) is 22.4 Å². The topological polar surface area (TPSA) is 162 Å². The lowest BCUT2D eigenvalue weighted by atomic mass is 10.0. The minimum Gasteiger partial charge on any atom is -0.399 e. The summed E-state index contributed by atoms with van der Waals surface area (Å²) in [7, 11) is -3.86. The summed E-state index contributed by atoms with van der Waals surface area (Å²) in [6.45, 7) is 1.75. The summed E-state index contributed by atoms with van der Waals surface area (Å²) < 4.78 is 25.5. The Morgan fingerprint density at radius 2 is 1.71 bits per heavy atom. The van der Waals surface area contributed by atoms with E-state index in [1.165, 1.54) is 23.0 Å². The fraction of sp³-hybridized carbons (Fsp3) is 0.231. The molecule has 0 aliphatic rings. The normalized spacial score (nSPS) is 13.1. The molecule has 11 nitrogen and oxygen atoms in total. The number of carbonyl (C=O) groups excluding carboxylic acids is 1. The van der Waals surface area contributed by atoms with Crippen molar-refractivity contribution in [1.82, 2.24) is 25.0 Å². The second kappa shape index (κ2) is 10.6. The predicted octanol–water partition coefficient (Wildman–Crippen LogP) is 2.10. The Kier molecular flexibility index (Phi) is 7.46. The zero-order chi connectivity index (χ0) is 27.5. The molecule has 12 heteroatoms. The summed E-state index contributed by atoms with van der Waals surface area (Å²) in [5.74, 6) is -1.05. The smallest absolute Gasteiger partial charge is 0.264 e. The number of nitrogens with one attached hydrogen (secondary N) is 1. The van der Waals surface area contributed by atoms with Crippen LogP contribution in [0.5, 0.6) is 0 Å². The summed E-state index contributed by atoms with van der Waals surface area (Å²) in [4.78, 5) is 24.7. The van der Waals surface area contributed by atoms with Gasteiger partial charge in [0.15, 0.2) is 14.6 Å². The van der Waals surface area contributed by atoms with Crippen molar-refractivity contribution >= 4 is 21.4 Å². The molecule has 4 rings (SSSR count). The van der Waals surface area contributed by atoms with Gasteiger partial charge in [-0.2, -0.15) is 0 Å². The number of hydrogen-bond acceptors (Lipinski definition) is 8. The van der Waals surface area contributed by atoms with E-state index in [2.05, 4.69) is 10.3 Å². The van der Waals surface area contributed by atoms with Gasteiger partial charge in [0.2, 0.25) is 0 Å². The number of benzene rings is 2. The second-order valence-electron chi connectivity index (χ2n) is 9.26. The lowest BCUT2D eigenvalue weighted by Gasteiger charge is -2.25. The van der Waals surface area contributed by atoms with E-state index in [4.69, 9.17) is 10.9 Å². The van der Waals surface area contributed by atoms with Gasteiger partial charge in [0, 0.05) is 36.3 Å². The first-order chi connectivity index (χ1) is 18.0. The van der Waals surface area contributed by atoms with Crippen LogP contribution in [0.15, 0.2) is 77.9 Å². The maximum atomic E-state index is 12.7. The van der Waals surface area contributed by atoms with Crippen LogP contribution in [0.25, 0.3) is 22.4 Å². The Labute approximate surface area is 219 Å². The zero-order valence-corrected chi connectivity index (χ0v) is 21.7. The Balaban J connectivity index is 1.46. The Bertz CT molecular complexity index is 1610. The van der Waals surface area contributed by atoms with E-state index in [-0.39, 0.29) is 18.5 Å². The Morgan fingerprint density at radius 3 is 2.32 bits per heavy atom. The number of nitrogen functional groups attached to an aromatic ring is 1. The van der Waals surface area contributed by atoms with E-state index in [1.54, 1.807) is 16.9 Å². The molecule has 0 aliphatic heterocycles. The highest BCUT2D eigenvalue weighted by Crippen LogP contribution is 2.24. The van der Waals surface area contributed by atoms with Crippen molar-refractivity contribution in [1.29, 1.82) is 0 Å². The van der Waals surface area contributed by atoms with Gasteiger partial charge in [-0.3, -0.25) is 14.8 Å². The molecule has 0 fully saturated rings. The summed E-state index contributed by atoms with van der Waals surface area (Å²) in [6.07, 6.45) is 4.13. The van der Waals surface area contributed by atoms with Gasteiger partial charge in [0.25, 0.3) is 11.5 Å². The van der Waals surface area contributed by atoms with Gasteiger partial charge in [0.05, 0.1) is 12.7 Å². The van der Waals surface area contributed by atoms with E-state index in [1.807, 2.05) is 54.7 Å². The minimum absolute atomic E-state index is 0.0267. The number of aryl methyl sites for hydroxylation is 1. The van der Waals surface area contributed by atoms with Crippen LogP contribution in [0, 0.1) is 0 Å². The van der Waals surface area contributed by atoms with Crippen LogP contribution in [0.3, 0.4) is 0 Å². The molecular weight excluding hydrogens is 508 g/mol. The molecule has 2 aromatic heterocycles. The van der Waals surface area contributed by atoms with Crippen molar-refractivity contribution in [2.75, 3.05) is 12.0 Å². The summed E-state index contributed by atoms with van der Waals surface area (Å²) in [5.41, 5.74) is 11.6. The third kappa shape index (κ3) is 5.66. The van der Waals surface area contributed by atoms with E-state index in [0.717, 1.165) is 22.9 Å². The number of hydrogen-bond donors (Lipinski definition) is 3. The van der Waals surface area contributed by atoms with Crippen LogP contribution < -0.4 is 16.8 Å². The van der Waals surface area contributed by atoms with Crippen LogP contribution in [-0.2, 0) is 27.7 Å². The number of carbonyl (C=O) groups is 1. The molecule has 2 heterocycles. The molecule has 0 saturated carbocycles. The van der Waals surface area contributed by atoms with Crippen LogP contribution in [0.4, 0.5) is 5.69 Å². The van der Waals surface area contributed by atoms with Crippen LogP contribution in [-0.4, -0.2) is 50.1 Å². The third-order valence-corrected chi connectivity index (χ3v) is 8.63. The standard InChI is InChI=1S/C26H28N6O5S/c1-26(25(34)29-35,38(2,36)37)12-14-31-13-11-21(15-24(31)33)19-5-7-20(8-6-19)23-17-32(30-28-23)16-18-3-9-22(27)10-4-18/h3-11,13,15,17,35H,12,14,16,27H2,1-2H3,(H,29,34). The molecule has 4 N–H and O–H groups in total. The number of pyridine rings is 1. The van der Waals surface area contributed by atoms with Crippen molar-refractivity contribution in [2.45, 2.75) is 31.2 Å². The molecule has 38 heavy (non-hydrogen) atoms. The molecule has 0 aliphatic carbocycles. The largest absolute Gasteiger partial charge is 0.399 e. The van der Waals surface area contributed by atoms with Crippen LogP contribution in [0.1, 0.15) is 18.9 Å². The molecule has 0 radical (unpaired) electrons. The average molecular weight is 537 g/mol. The fourth-order valence-electron chi connectivity index (χ4n) is 3.94. The number of hydroxylamine groups is 1. The van der Waals surface area contributed by atoms with Gasteiger partial charge in [-0.1, -0.05) is 41.6 Å². The first-order valence-electron chi connectivity index (χ1n) is 11.7. The van der Waals surface area contributed by atoms with Gasteiger partial charge in [-0.15, -0.1) is 5.10 Å². The number of rotatable bonds is 9. The molecule has 1 atom stereocenters. The van der Waals surface area contributed by atoms with E-state index in [9.17, 15) is 18.0 Å². The zero-order valence-electron chi connectivity index (χ0n) is 20.9. The van der Waals surface area contributed by atoms with Gasteiger partial charge >= 0.3 is 0 Å². The summed E-state index contributed by atoms with van der Waals surface area (Å²) in [6, 6.07) is 18.3. The monoisotopic (exact) mass is 536 g/mol. The SMILES string of the molecule is CC(CCn1ccc(-c2ccc(-c3cn(Cc4ccc(N)cc4)nn3)cc2)cc1=O)(C(=O)NO)S(C)(=O)=O.